The fourth-order valence-corrected chi connectivity index (χ4v) is 0.803. The Bertz CT molecular complexity index is 378. The van der Waals surface area contributed by atoms with Gasteiger partial charge in [-0.05, 0) is 0 Å². The standard InChI is InChI=1S/C12H10O3S/c1-3-5-7-9-11-14-16(13)15-12-10-8-6-4-2/h1-2H,5-8H2. The van der Waals surface area contributed by atoms with Gasteiger partial charge >= 0.3 is 11.4 Å². The molecule has 4 heteroatoms. The minimum absolute atomic E-state index is 0.488. The topological polar surface area (TPSA) is 35.5 Å². The summed E-state index contributed by atoms with van der Waals surface area (Å²) in [5, 5.41) is 0. The van der Waals surface area contributed by atoms with E-state index in [9.17, 15) is 4.21 Å². The fraction of sp³-hybridized carbons (Fsp3) is 0.333. The number of terminal acetylenes is 2. The van der Waals surface area contributed by atoms with Crippen LogP contribution in [0.15, 0.2) is 0 Å². The highest BCUT2D eigenvalue weighted by atomic mass is 32.2. The summed E-state index contributed by atoms with van der Waals surface area (Å²) >= 11 is -1.98. The number of unbranched alkanes of at least 4 members (excludes halogenated alkanes) is 2. The molecule has 0 saturated carbocycles. The van der Waals surface area contributed by atoms with Crippen molar-refractivity contribution in [3.05, 3.63) is 0 Å². The van der Waals surface area contributed by atoms with Crippen LogP contribution >= 0.6 is 0 Å². The molecule has 0 aromatic heterocycles. The molecule has 0 saturated heterocycles. The first-order valence-corrected chi connectivity index (χ1v) is 5.40. The Hall–Kier alpha value is -2.01. The predicted molar refractivity (Wildman–Crippen MR) is 62.0 cm³/mol. The fourth-order valence-electron chi connectivity index (χ4n) is 0.515. The first-order chi connectivity index (χ1) is 7.81. The molecule has 0 aromatic carbocycles. The third kappa shape index (κ3) is 10.1. The largest absolute Gasteiger partial charge is 0.435 e. The van der Waals surface area contributed by atoms with E-state index in [2.05, 4.69) is 44.3 Å². The van der Waals surface area contributed by atoms with Crippen LogP contribution in [0.5, 0.6) is 0 Å². The third-order valence-corrected chi connectivity index (χ3v) is 1.59. The summed E-state index contributed by atoms with van der Waals surface area (Å²) in [6.45, 7) is 0. The van der Waals surface area contributed by atoms with Gasteiger partial charge in [0.25, 0.3) is 0 Å². The zero-order chi connectivity index (χ0) is 12.1. The van der Waals surface area contributed by atoms with Crippen molar-refractivity contribution in [3.63, 3.8) is 0 Å². The molecule has 0 unspecified atom stereocenters. The molecule has 0 bridgehead atoms. The summed E-state index contributed by atoms with van der Waals surface area (Å²) < 4.78 is 19.8. The lowest BCUT2D eigenvalue weighted by molar-refractivity contribution is 0.425. The van der Waals surface area contributed by atoms with E-state index < -0.39 is 11.4 Å². The van der Waals surface area contributed by atoms with Crippen LogP contribution in [-0.4, -0.2) is 4.21 Å². The second-order valence-electron chi connectivity index (χ2n) is 2.34. The molecule has 0 aromatic rings. The van der Waals surface area contributed by atoms with Crippen LogP contribution in [-0.2, 0) is 19.7 Å². The normalized spacial score (nSPS) is 7.44. The van der Waals surface area contributed by atoms with E-state index in [1.165, 1.54) is 0 Å². The van der Waals surface area contributed by atoms with Gasteiger partial charge in [0.05, 0.1) is 0 Å². The van der Waals surface area contributed by atoms with Gasteiger partial charge in [-0.15, -0.1) is 24.7 Å². The molecule has 0 radical (unpaired) electrons. The lowest BCUT2D eigenvalue weighted by Crippen LogP contribution is -1.92. The minimum Gasteiger partial charge on any atom is -0.316 e. The minimum atomic E-state index is -1.98. The summed E-state index contributed by atoms with van der Waals surface area (Å²) in [5.41, 5.74) is 0. The van der Waals surface area contributed by atoms with Gasteiger partial charge in [-0.2, -0.15) is 4.21 Å². The molecule has 0 atom stereocenters. The molecule has 0 heterocycles. The molecule has 0 spiro atoms. The van der Waals surface area contributed by atoms with Crippen molar-refractivity contribution in [2.45, 2.75) is 25.7 Å². The van der Waals surface area contributed by atoms with Crippen LogP contribution in [0.1, 0.15) is 25.7 Å². The molecular formula is C12H10O3S. The summed E-state index contributed by atoms with van der Waals surface area (Å²) in [5.74, 6) is 9.94. The zero-order valence-corrected chi connectivity index (χ0v) is 9.43. The Morgan fingerprint density at radius 1 is 0.875 bits per heavy atom. The van der Waals surface area contributed by atoms with Crippen molar-refractivity contribution in [2.75, 3.05) is 0 Å². The zero-order valence-electron chi connectivity index (χ0n) is 8.62. The predicted octanol–water partition coefficient (Wildman–Crippen LogP) is 1.35. The molecule has 16 heavy (non-hydrogen) atoms. The molecular weight excluding hydrogens is 224 g/mol. The Morgan fingerprint density at radius 3 is 1.69 bits per heavy atom. The number of hydrogen-bond acceptors (Lipinski definition) is 3. The molecule has 0 aliphatic rings. The molecule has 0 fully saturated rings. The second-order valence-corrected chi connectivity index (χ2v) is 3.08. The van der Waals surface area contributed by atoms with Crippen LogP contribution in [0.25, 0.3) is 0 Å². The monoisotopic (exact) mass is 234 g/mol. The maximum absolute atomic E-state index is 10.9. The van der Waals surface area contributed by atoms with Crippen molar-refractivity contribution in [3.8, 4) is 48.7 Å². The quantitative estimate of drug-likeness (QED) is 0.544. The Morgan fingerprint density at radius 2 is 1.31 bits per heavy atom. The number of rotatable bonds is 4. The SMILES string of the molecule is C#CCCC#COS(=O)OC#CCCC#C. The van der Waals surface area contributed by atoms with Crippen LogP contribution in [0, 0.1) is 48.7 Å². The van der Waals surface area contributed by atoms with Gasteiger partial charge < -0.3 is 8.37 Å². The smallest absolute Gasteiger partial charge is 0.316 e. The van der Waals surface area contributed by atoms with Crippen molar-refractivity contribution < 1.29 is 12.6 Å². The van der Waals surface area contributed by atoms with Gasteiger partial charge in [-0.3, -0.25) is 0 Å². The van der Waals surface area contributed by atoms with E-state index in [0.29, 0.717) is 25.7 Å². The molecule has 0 N–H and O–H groups in total. The lowest BCUT2D eigenvalue weighted by Gasteiger charge is -1.89. The maximum atomic E-state index is 10.9. The van der Waals surface area contributed by atoms with E-state index >= 15 is 0 Å². The third-order valence-electron chi connectivity index (χ3n) is 1.15. The maximum Gasteiger partial charge on any atom is 0.435 e. The van der Waals surface area contributed by atoms with Gasteiger partial charge in [0.2, 0.25) is 0 Å². The van der Waals surface area contributed by atoms with Crippen molar-refractivity contribution >= 4 is 11.4 Å². The van der Waals surface area contributed by atoms with Gasteiger partial charge in [0.1, 0.15) is 12.2 Å². The van der Waals surface area contributed by atoms with Crippen molar-refractivity contribution in [2.24, 2.45) is 0 Å². The highest BCUT2D eigenvalue weighted by molar-refractivity contribution is 7.75. The van der Waals surface area contributed by atoms with E-state index in [1.54, 1.807) is 0 Å². The summed E-state index contributed by atoms with van der Waals surface area (Å²) in [6.07, 6.45) is 16.4. The van der Waals surface area contributed by atoms with Crippen LogP contribution in [0.3, 0.4) is 0 Å². The lowest BCUT2D eigenvalue weighted by atomic mass is 10.3. The molecule has 0 amide bonds. The first kappa shape index (κ1) is 14.0. The van der Waals surface area contributed by atoms with Gasteiger partial charge in [-0.1, -0.05) is 11.8 Å². The first-order valence-electron chi connectivity index (χ1n) is 4.40. The molecule has 0 aliphatic heterocycles. The van der Waals surface area contributed by atoms with Gasteiger partial charge in [0.15, 0.2) is 0 Å². The molecule has 0 aliphatic carbocycles. The Labute approximate surface area is 98.8 Å². The average molecular weight is 234 g/mol. The highest BCUT2D eigenvalue weighted by Gasteiger charge is 1.94. The summed E-state index contributed by atoms with van der Waals surface area (Å²) in [6, 6.07) is 0. The van der Waals surface area contributed by atoms with Crippen LogP contribution in [0.4, 0.5) is 0 Å². The van der Waals surface area contributed by atoms with Crippen LogP contribution in [0.2, 0.25) is 0 Å². The van der Waals surface area contributed by atoms with E-state index in [-0.39, 0.29) is 0 Å². The molecule has 3 nitrogen and oxygen atoms in total. The summed E-state index contributed by atoms with van der Waals surface area (Å²) in [7, 11) is 0. The molecule has 0 rings (SSSR count). The second kappa shape index (κ2) is 11.1. The van der Waals surface area contributed by atoms with Crippen molar-refractivity contribution in [1.29, 1.82) is 0 Å². The average Bonchev–Trinajstić information content (AvgIpc) is 2.28. The Balaban J connectivity index is 3.65. The highest BCUT2D eigenvalue weighted by Crippen LogP contribution is 1.88. The van der Waals surface area contributed by atoms with E-state index in [4.69, 9.17) is 12.8 Å². The molecule has 82 valence electrons. The van der Waals surface area contributed by atoms with Crippen molar-refractivity contribution in [1.82, 2.24) is 0 Å². The summed E-state index contributed by atoms with van der Waals surface area (Å²) in [4.78, 5) is 0. The van der Waals surface area contributed by atoms with E-state index in [1.807, 2.05) is 0 Å². The van der Waals surface area contributed by atoms with Gasteiger partial charge in [0, 0.05) is 25.7 Å². The number of hydrogen-bond donors (Lipinski definition) is 0. The van der Waals surface area contributed by atoms with Gasteiger partial charge in [-0.25, -0.2) is 0 Å². The Kier molecular flexibility index (Phi) is 9.68. The van der Waals surface area contributed by atoms with E-state index in [0.717, 1.165) is 0 Å². The van der Waals surface area contributed by atoms with Crippen LogP contribution < -0.4 is 0 Å².